The molecule has 0 spiro atoms. The number of hydrogen-bond acceptors (Lipinski definition) is 4. The first-order chi connectivity index (χ1) is 10.3. The summed E-state index contributed by atoms with van der Waals surface area (Å²) in [5.74, 6) is 1.98. The van der Waals surface area contributed by atoms with Gasteiger partial charge in [0.2, 0.25) is 0 Å². The number of fused-ring (bicyclic) bond motifs is 1. The highest BCUT2D eigenvalue weighted by Gasteiger charge is 2.18. The summed E-state index contributed by atoms with van der Waals surface area (Å²) >= 11 is 0. The van der Waals surface area contributed by atoms with E-state index in [-0.39, 0.29) is 0 Å². The Morgan fingerprint density at radius 2 is 2.29 bits per heavy atom. The van der Waals surface area contributed by atoms with E-state index in [9.17, 15) is 0 Å². The van der Waals surface area contributed by atoms with Gasteiger partial charge < -0.3 is 14.6 Å². The molecule has 1 N–H and O–H groups in total. The van der Waals surface area contributed by atoms with E-state index in [4.69, 9.17) is 4.74 Å². The van der Waals surface area contributed by atoms with Crippen LogP contribution in [0.15, 0.2) is 24.5 Å². The van der Waals surface area contributed by atoms with Gasteiger partial charge in [0, 0.05) is 26.1 Å². The fourth-order valence-corrected chi connectivity index (χ4v) is 2.96. The number of ether oxygens (including phenoxy) is 1. The molecule has 0 radical (unpaired) electrons. The molecule has 1 aliphatic carbocycles. The van der Waals surface area contributed by atoms with Crippen molar-refractivity contribution in [2.24, 2.45) is 7.05 Å². The molecule has 1 aromatic carbocycles. The van der Waals surface area contributed by atoms with Gasteiger partial charge in [0.1, 0.15) is 17.9 Å². The van der Waals surface area contributed by atoms with Crippen molar-refractivity contribution in [1.82, 2.24) is 20.1 Å². The molecule has 0 fully saturated rings. The van der Waals surface area contributed by atoms with Crippen molar-refractivity contribution in [2.75, 3.05) is 13.7 Å². The van der Waals surface area contributed by atoms with Crippen molar-refractivity contribution >= 4 is 0 Å². The van der Waals surface area contributed by atoms with Crippen molar-refractivity contribution in [3.8, 4) is 5.75 Å². The van der Waals surface area contributed by atoms with Crippen molar-refractivity contribution in [3.63, 3.8) is 0 Å². The maximum absolute atomic E-state index is 5.32. The van der Waals surface area contributed by atoms with E-state index in [1.165, 1.54) is 17.5 Å². The third-order valence-electron chi connectivity index (χ3n) is 4.23. The largest absolute Gasteiger partial charge is 0.497 e. The van der Waals surface area contributed by atoms with Crippen LogP contribution in [0.3, 0.4) is 0 Å². The molecule has 1 aliphatic rings. The number of hydrogen-bond donors (Lipinski definition) is 1. The molecule has 0 amide bonds. The Balaban J connectivity index is 1.55. The summed E-state index contributed by atoms with van der Waals surface area (Å²) in [6.45, 7) is 0.941. The number of rotatable bonds is 5. The monoisotopic (exact) mass is 286 g/mol. The summed E-state index contributed by atoms with van der Waals surface area (Å²) in [6.07, 6.45) is 6.07. The van der Waals surface area contributed by atoms with Crippen LogP contribution in [0, 0.1) is 0 Å². The zero-order valence-corrected chi connectivity index (χ0v) is 12.7. The highest BCUT2D eigenvalue weighted by atomic mass is 16.5. The van der Waals surface area contributed by atoms with E-state index in [1.54, 1.807) is 13.4 Å². The van der Waals surface area contributed by atoms with Crippen molar-refractivity contribution < 1.29 is 4.74 Å². The summed E-state index contributed by atoms with van der Waals surface area (Å²) in [6, 6.07) is 6.97. The standard InChI is InChI=1S/C16H22N4O/c1-20-11-18-19-16(20)7-8-17-14-5-3-12-4-6-15(21-2)10-13(12)9-14/h4,6,10-11,14,17H,3,5,7-9H2,1-2H3. The highest BCUT2D eigenvalue weighted by Crippen LogP contribution is 2.25. The molecular weight excluding hydrogens is 264 g/mol. The predicted molar refractivity (Wildman–Crippen MR) is 81.5 cm³/mol. The topological polar surface area (TPSA) is 52.0 Å². The molecule has 0 bridgehead atoms. The Morgan fingerprint density at radius 3 is 3.05 bits per heavy atom. The van der Waals surface area contributed by atoms with Crippen LogP contribution in [-0.4, -0.2) is 34.5 Å². The Labute approximate surface area is 125 Å². The van der Waals surface area contributed by atoms with Crippen molar-refractivity contribution in [1.29, 1.82) is 0 Å². The summed E-state index contributed by atoms with van der Waals surface area (Å²) in [5, 5.41) is 11.7. The molecule has 0 saturated heterocycles. The highest BCUT2D eigenvalue weighted by molar-refractivity contribution is 5.37. The molecule has 0 saturated carbocycles. The maximum Gasteiger partial charge on any atom is 0.133 e. The lowest BCUT2D eigenvalue weighted by Crippen LogP contribution is -2.36. The molecular formula is C16H22N4O. The molecule has 1 atom stereocenters. The normalized spacial score (nSPS) is 17.5. The SMILES string of the molecule is COc1ccc2c(c1)CC(NCCc1nncn1C)CC2. The second-order valence-corrected chi connectivity index (χ2v) is 5.64. The lowest BCUT2D eigenvalue weighted by atomic mass is 9.88. The summed E-state index contributed by atoms with van der Waals surface area (Å²) in [4.78, 5) is 0. The maximum atomic E-state index is 5.32. The van der Waals surface area contributed by atoms with Gasteiger partial charge in [0.05, 0.1) is 7.11 Å². The Kier molecular flexibility index (Phi) is 4.20. The van der Waals surface area contributed by atoms with Gasteiger partial charge in [-0.2, -0.15) is 0 Å². The van der Waals surface area contributed by atoms with Crippen LogP contribution in [-0.2, 0) is 26.3 Å². The van der Waals surface area contributed by atoms with Gasteiger partial charge in [-0.25, -0.2) is 0 Å². The second-order valence-electron chi connectivity index (χ2n) is 5.64. The van der Waals surface area contributed by atoms with Crippen LogP contribution >= 0.6 is 0 Å². The fourth-order valence-electron chi connectivity index (χ4n) is 2.96. The summed E-state index contributed by atoms with van der Waals surface area (Å²) < 4.78 is 7.30. The molecule has 5 heteroatoms. The van der Waals surface area contributed by atoms with Crippen LogP contribution in [0.25, 0.3) is 0 Å². The Hall–Kier alpha value is -1.88. The fraction of sp³-hybridized carbons (Fsp3) is 0.500. The molecule has 21 heavy (non-hydrogen) atoms. The average Bonchev–Trinajstić information content (AvgIpc) is 2.92. The van der Waals surface area contributed by atoms with E-state index in [1.807, 2.05) is 11.6 Å². The Morgan fingerprint density at radius 1 is 1.38 bits per heavy atom. The summed E-state index contributed by atoms with van der Waals surface area (Å²) in [7, 11) is 3.71. The minimum absolute atomic E-state index is 0.540. The van der Waals surface area contributed by atoms with Gasteiger partial charge in [0.25, 0.3) is 0 Å². The van der Waals surface area contributed by atoms with Gasteiger partial charge in [-0.1, -0.05) is 6.07 Å². The van der Waals surface area contributed by atoms with Crippen LogP contribution in [0.5, 0.6) is 5.75 Å². The smallest absolute Gasteiger partial charge is 0.133 e. The van der Waals surface area contributed by atoms with Crippen LogP contribution < -0.4 is 10.1 Å². The van der Waals surface area contributed by atoms with Crippen LogP contribution in [0.4, 0.5) is 0 Å². The van der Waals surface area contributed by atoms with Gasteiger partial charge >= 0.3 is 0 Å². The zero-order chi connectivity index (χ0) is 14.7. The molecule has 5 nitrogen and oxygen atoms in total. The molecule has 112 valence electrons. The van der Waals surface area contributed by atoms with Gasteiger partial charge in [0.15, 0.2) is 0 Å². The van der Waals surface area contributed by atoms with E-state index in [2.05, 4.69) is 33.7 Å². The second kappa shape index (κ2) is 6.26. The molecule has 3 rings (SSSR count). The van der Waals surface area contributed by atoms with E-state index in [0.29, 0.717) is 6.04 Å². The van der Waals surface area contributed by atoms with Gasteiger partial charge in [-0.15, -0.1) is 10.2 Å². The lowest BCUT2D eigenvalue weighted by Gasteiger charge is -2.26. The number of aryl methyl sites for hydroxylation is 2. The van der Waals surface area contributed by atoms with Crippen molar-refractivity contribution in [3.05, 3.63) is 41.5 Å². The molecule has 1 aromatic heterocycles. The summed E-state index contributed by atoms with van der Waals surface area (Å²) in [5.41, 5.74) is 2.87. The van der Waals surface area contributed by atoms with Crippen LogP contribution in [0.2, 0.25) is 0 Å². The van der Waals surface area contributed by atoms with E-state index in [0.717, 1.165) is 37.4 Å². The Bertz CT molecular complexity index is 608. The first-order valence-corrected chi connectivity index (χ1v) is 7.48. The number of nitrogens with one attached hydrogen (secondary N) is 1. The van der Waals surface area contributed by atoms with E-state index >= 15 is 0 Å². The number of benzene rings is 1. The van der Waals surface area contributed by atoms with Gasteiger partial charge in [-0.3, -0.25) is 0 Å². The zero-order valence-electron chi connectivity index (χ0n) is 12.7. The average molecular weight is 286 g/mol. The number of aromatic nitrogens is 3. The first-order valence-electron chi connectivity index (χ1n) is 7.48. The molecule has 1 unspecified atom stereocenters. The number of methoxy groups -OCH3 is 1. The minimum atomic E-state index is 0.540. The van der Waals surface area contributed by atoms with Gasteiger partial charge in [-0.05, 0) is 42.5 Å². The first kappa shape index (κ1) is 14.1. The van der Waals surface area contributed by atoms with Crippen LogP contribution in [0.1, 0.15) is 23.4 Å². The lowest BCUT2D eigenvalue weighted by molar-refractivity contribution is 0.411. The van der Waals surface area contributed by atoms with Crippen molar-refractivity contribution in [2.45, 2.75) is 31.7 Å². The third-order valence-corrected chi connectivity index (χ3v) is 4.23. The molecule has 2 aromatic rings. The molecule has 0 aliphatic heterocycles. The number of nitrogens with zero attached hydrogens (tertiary/aromatic N) is 3. The third kappa shape index (κ3) is 3.24. The minimum Gasteiger partial charge on any atom is -0.497 e. The molecule has 1 heterocycles. The quantitative estimate of drug-likeness (QED) is 0.905. The van der Waals surface area contributed by atoms with E-state index < -0.39 is 0 Å². The predicted octanol–water partition coefficient (Wildman–Crippen LogP) is 1.51.